The highest BCUT2D eigenvalue weighted by molar-refractivity contribution is 7.17. The molecule has 3 aromatic heterocycles. The van der Waals surface area contributed by atoms with Crippen LogP contribution in [0.1, 0.15) is 5.56 Å². The molecule has 7 heteroatoms. The second kappa shape index (κ2) is 7.74. The molecular formula is C23H24N4O2S. The number of fused-ring (bicyclic) bond motifs is 2. The van der Waals surface area contributed by atoms with Crippen molar-refractivity contribution >= 4 is 38.1 Å². The minimum atomic E-state index is -0.0845. The third-order valence-electron chi connectivity index (χ3n) is 6.05. The van der Waals surface area contributed by atoms with Gasteiger partial charge < -0.3 is 14.6 Å². The highest BCUT2D eigenvalue weighted by atomic mass is 32.1. The smallest absolute Gasteiger partial charge is 0.251 e. The van der Waals surface area contributed by atoms with Crippen LogP contribution in [0.4, 0.5) is 5.82 Å². The number of nitrogens with zero attached hydrogens (tertiary/aromatic N) is 4. The monoisotopic (exact) mass is 420 g/mol. The van der Waals surface area contributed by atoms with E-state index in [1.54, 1.807) is 30.5 Å². The number of piperazine rings is 1. The van der Waals surface area contributed by atoms with Crippen molar-refractivity contribution in [1.29, 1.82) is 0 Å². The molecule has 4 heterocycles. The lowest BCUT2D eigenvalue weighted by molar-refractivity contribution is 0.261. The third kappa shape index (κ3) is 3.34. The number of thiophene rings is 1. The van der Waals surface area contributed by atoms with E-state index in [1.807, 2.05) is 18.3 Å². The van der Waals surface area contributed by atoms with E-state index in [1.165, 1.54) is 14.7 Å². The van der Waals surface area contributed by atoms with Crippen LogP contribution in [0, 0.1) is 0 Å². The topological polar surface area (TPSA) is 61.6 Å². The number of hydrogen-bond acceptors (Lipinski definition) is 6. The number of benzene rings is 1. The van der Waals surface area contributed by atoms with Crippen molar-refractivity contribution in [2.24, 2.45) is 7.05 Å². The summed E-state index contributed by atoms with van der Waals surface area (Å²) >= 11 is 1.75. The number of phenolic OH excluding ortho intramolecular Hbond substituents is 1. The lowest BCUT2D eigenvalue weighted by Crippen LogP contribution is -2.47. The van der Waals surface area contributed by atoms with Crippen LogP contribution in [0.3, 0.4) is 0 Å². The Labute approximate surface area is 178 Å². The lowest BCUT2D eigenvalue weighted by atomic mass is 10.0. The van der Waals surface area contributed by atoms with Gasteiger partial charge in [0.25, 0.3) is 5.56 Å². The fraction of sp³-hybridized carbons (Fsp3) is 0.304. The van der Waals surface area contributed by atoms with Gasteiger partial charge >= 0.3 is 0 Å². The van der Waals surface area contributed by atoms with Gasteiger partial charge in [0.1, 0.15) is 11.6 Å². The third-order valence-corrected chi connectivity index (χ3v) is 6.93. The molecule has 1 aliphatic heterocycles. The maximum absolute atomic E-state index is 12.4. The number of anilines is 1. The molecule has 0 atom stereocenters. The van der Waals surface area contributed by atoms with Gasteiger partial charge in [-0.3, -0.25) is 9.69 Å². The summed E-state index contributed by atoms with van der Waals surface area (Å²) in [5.74, 6) is 1.24. The van der Waals surface area contributed by atoms with Crippen LogP contribution in [0.25, 0.3) is 21.0 Å². The first kappa shape index (κ1) is 19.1. The van der Waals surface area contributed by atoms with Gasteiger partial charge in [-0.05, 0) is 35.6 Å². The fourth-order valence-electron chi connectivity index (χ4n) is 4.38. The zero-order valence-corrected chi connectivity index (χ0v) is 17.7. The van der Waals surface area contributed by atoms with Crippen LogP contribution in [0.15, 0.2) is 52.8 Å². The quantitative estimate of drug-likeness (QED) is 0.549. The number of para-hydroxylation sites is 1. The van der Waals surface area contributed by atoms with E-state index in [-0.39, 0.29) is 11.3 Å². The van der Waals surface area contributed by atoms with Gasteiger partial charge in [0.15, 0.2) is 0 Å². The Balaban J connectivity index is 1.29. The molecule has 0 bridgehead atoms. The van der Waals surface area contributed by atoms with E-state index in [0.717, 1.165) is 55.9 Å². The number of phenols is 1. The summed E-state index contributed by atoms with van der Waals surface area (Å²) in [6.07, 6.45) is 2.69. The molecule has 1 aromatic carbocycles. The van der Waals surface area contributed by atoms with Crippen molar-refractivity contribution in [2.75, 3.05) is 37.6 Å². The largest absolute Gasteiger partial charge is 0.506 e. The molecule has 1 fully saturated rings. The van der Waals surface area contributed by atoms with Crippen molar-refractivity contribution < 1.29 is 5.11 Å². The summed E-state index contributed by atoms with van der Waals surface area (Å²) < 4.78 is 2.80. The van der Waals surface area contributed by atoms with Crippen LogP contribution >= 0.6 is 11.3 Å². The zero-order chi connectivity index (χ0) is 20.7. The van der Waals surface area contributed by atoms with Crippen LogP contribution in [-0.4, -0.2) is 52.3 Å². The number of pyridine rings is 2. The lowest BCUT2D eigenvalue weighted by Gasteiger charge is -2.35. The average Bonchev–Trinajstić information content (AvgIpc) is 3.25. The van der Waals surface area contributed by atoms with E-state index in [2.05, 4.69) is 32.3 Å². The molecule has 4 aromatic rings. The van der Waals surface area contributed by atoms with Gasteiger partial charge in [-0.25, -0.2) is 4.98 Å². The second-order valence-corrected chi connectivity index (χ2v) is 8.73. The Kier molecular flexibility index (Phi) is 4.92. The minimum Gasteiger partial charge on any atom is -0.506 e. The highest BCUT2D eigenvalue weighted by Crippen LogP contribution is 2.29. The number of aryl methyl sites for hydroxylation is 1. The van der Waals surface area contributed by atoms with Gasteiger partial charge in [-0.15, -0.1) is 11.3 Å². The summed E-state index contributed by atoms with van der Waals surface area (Å²) in [5.41, 5.74) is 1.52. The molecule has 154 valence electrons. The Bertz CT molecular complexity index is 1270. The molecule has 0 radical (unpaired) electrons. The van der Waals surface area contributed by atoms with E-state index in [4.69, 9.17) is 0 Å². The molecule has 1 aliphatic rings. The maximum Gasteiger partial charge on any atom is 0.251 e. The van der Waals surface area contributed by atoms with E-state index >= 15 is 0 Å². The Hall–Kier alpha value is -2.90. The number of hydrogen-bond donors (Lipinski definition) is 1. The maximum atomic E-state index is 12.4. The molecule has 30 heavy (non-hydrogen) atoms. The first-order chi connectivity index (χ1) is 14.6. The molecule has 6 nitrogen and oxygen atoms in total. The van der Waals surface area contributed by atoms with E-state index < -0.39 is 0 Å². The molecule has 1 saturated heterocycles. The van der Waals surface area contributed by atoms with Gasteiger partial charge in [-0.2, -0.15) is 0 Å². The van der Waals surface area contributed by atoms with Gasteiger partial charge in [0.05, 0.1) is 5.52 Å². The van der Waals surface area contributed by atoms with Crippen LogP contribution < -0.4 is 10.5 Å². The van der Waals surface area contributed by atoms with Gasteiger partial charge in [0.2, 0.25) is 0 Å². The van der Waals surface area contributed by atoms with Crippen molar-refractivity contribution in [2.45, 2.75) is 6.42 Å². The molecule has 0 saturated carbocycles. The molecule has 0 spiro atoms. The standard InChI is InChI=1S/C23H24N4O2S/c1-25-21(29)15-16(17-3-2-4-19(28)22(17)25)6-9-26-10-12-27(13-11-26)23-18-7-14-30-20(18)5-8-24-23/h2-5,7-8,14-15,28H,6,9-13H2,1H3. The number of aromatic hydroxyl groups is 1. The van der Waals surface area contributed by atoms with Crippen LogP contribution in [0.2, 0.25) is 0 Å². The molecule has 0 unspecified atom stereocenters. The Morgan fingerprint density at radius 2 is 1.93 bits per heavy atom. The average molecular weight is 421 g/mol. The molecule has 0 aliphatic carbocycles. The highest BCUT2D eigenvalue weighted by Gasteiger charge is 2.20. The zero-order valence-electron chi connectivity index (χ0n) is 16.9. The predicted molar refractivity (Wildman–Crippen MR) is 123 cm³/mol. The fourth-order valence-corrected chi connectivity index (χ4v) is 5.15. The van der Waals surface area contributed by atoms with E-state index in [0.29, 0.717) is 5.52 Å². The number of rotatable bonds is 4. The summed E-state index contributed by atoms with van der Waals surface area (Å²) in [7, 11) is 1.70. The van der Waals surface area contributed by atoms with E-state index in [9.17, 15) is 9.90 Å². The minimum absolute atomic E-state index is 0.0845. The molecule has 0 amide bonds. The number of aromatic nitrogens is 2. The Morgan fingerprint density at radius 1 is 1.10 bits per heavy atom. The Morgan fingerprint density at radius 3 is 2.77 bits per heavy atom. The summed E-state index contributed by atoms with van der Waals surface area (Å²) in [5, 5.41) is 14.5. The van der Waals surface area contributed by atoms with Gasteiger partial charge in [0, 0.05) is 67.5 Å². The van der Waals surface area contributed by atoms with Crippen molar-refractivity contribution in [1.82, 2.24) is 14.5 Å². The summed E-state index contributed by atoms with van der Waals surface area (Å²) in [4.78, 5) is 21.8. The second-order valence-electron chi connectivity index (χ2n) is 7.79. The first-order valence-electron chi connectivity index (χ1n) is 10.2. The van der Waals surface area contributed by atoms with Gasteiger partial charge in [-0.1, -0.05) is 12.1 Å². The van der Waals surface area contributed by atoms with Crippen molar-refractivity contribution in [3.05, 3.63) is 63.9 Å². The first-order valence-corrected chi connectivity index (χ1v) is 11.1. The molecule has 1 N–H and O–H groups in total. The SMILES string of the molecule is Cn1c(=O)cc(CCN2CCN(c3nccc4sccc34)CC2)c2cccc(O)c21. The van der Waals surface area contributed by atoms with Crippen LogP contribution in [-0.2, 0) is 13.5 Å². The molecule has 5 rings (SSSR count). The summed E-state index contributed by atoms with van der Waals surface area (Å²) in [6, 6.07) is 11.4. The normalized spacial score (nSPS) is 15.3. The van der Waals surface area contributed by atoms with Crippen molar-refractivity contribution in [3.8, 4) is 5.75 Å². The van der Waals surface area contributed by atoms with Crippen molar-refractivity contribution in [3.63, 3.8) is 0 Å². The van der Waals surface area contributed by atoms with Crippen LogP contribution in [0.5, 0.6) is 5.75 Å². The predicted octanol–water partition coefficient (Wildman–Crippen LogP) is 3.22. The molecular weight excluding hydrogens is 396 g/mol. The summed E-state index contributed by atoms with van der Waals surface area (Å²) in [6.45, 7) is 4.72.